The summed E-state index contributed by atoms with van der Waals surface area (Å²) in [5.41, 5.74) is 0.942. The van der Waals surface area contributed by atoms with E-state index < -0.39 is 17.8 Å². The van der Waals surface area contributed by atoms with Crippen LogP contribution in [0.3, 0.4) is 0 Å². The number of hydrogen-bond acceptors (Lipinski definition) is 6. The Morgan fingerprint density at radius 2 is 1.97 bits per heavy atom. The first kappa shape index (κ1) is 21.6. The van der Waals surface area contributed by atoms with Crippen molar-refractivity contribution in [3.63, 3.8) is 0 Å². The second-order valence-electron chi connectivity index (χ2n) is 7.23. The summed E-state index contributed by atoms with van der Waals surface area (Å²) in [6.07, 6.45) is 2.74. The van der Waals surface area contributed by atoms with Crippen LogP contribution in [0.25, 0.3) is 11.4 Å². The lowest BCUT2D eigenvalue weighted by atomic mass is 10.1. The van der Waals surface area contributed by atoms with Crippen molar-refractivity contribution in [1.82, 2.24) is 29.9 Å². The SMILES string of the molecule is C=CC(=O)N1C[C@@H](n2cc(-c3cnccn3)nn2)[C@H](OCc2ccc(C(F)(F)F)cc2)C1. The maximum absolute atomic E-state index is 12.8. The lowest BCUT2D eigenvalue weighted by Gasteiger charge is -2.18. The molecule has 11 heteroatoms. The van der Waals surface area contributed by atoms with E-state index in [9.17, 15) is 18.0 Å². The quantitative estimate of drug-likeness (QED) is 0.544. The van der Waals surface area contributed by atoms with Crippen molar-refractivity contribution in [2.45, 2.75) is 24.9 Å². The minimum Gasteiger partial charge on any atom is -0.369 e. The first-order valence-electron chi connectivity index (χ1n) is 9.72. The molecule has 0 unspecified atom stereocenters. The van der Waals surface area contributed by atoms with Crippen molar-refractivity contribution in [1.29, 1.82) is 0 Å². The number of nitrogens with zero attached hydrogens (tertiary/aromatic N) is 6. The summed E-state index contributed by atoms with van der Waals surface area (Å²) in [4.78, 5) is 21.9. The van der Waals surface area contributed by atoms with Crippen LogP contribution in [-0.2, 0) is 22.3 Å². The molecule has 0 spiro atoms. The van der Waals surface area contributed by atoms with E-state index in [-0.39, 0.29) is 25.1 Å². The Hall–Kier alpha value is -3.60. The van der Waals surface area contributed by atoms with E-state index in [0.717, 1.165) is 12.1 Å². The fourth-order valence-corrected chi connectivity index (χ4v) is 3.46. The van der Waals surface area contributed by atoms with Crippen LogP contribution in [-0.4, -0.2) is 55.0 Å². The van der Waals surface area contributed by atoms with Crippen molar-refractivity contribution in [2.24, 2.45) is 0 Å². The highest BCUT2D eigenvalue weighted by Gasteiger charge is 2.37. The molecule has 0 saturated carbocycles. The highest BCUT2D eigenvalue weighted by Crippen LogP contribution is 2.30. The molecule has 0 N–H and O–H groups in total. The molecule has 1 amide bonds. The molecule has 1 fully saturated rings. The van der Waals surface area contributed by atoms with E-state index in [1.807, 2.05) is 0 Å². The van der Waals surface area contributed by atoms with Crippen molar-refractivity contribution in [2.75, 3.05) is 13.1 Å². The Bertz CT molecular complexity index is 1080. The minimum atomic E-state index is -4.39. The largest absolute Gasteiger partial charge is 0.416 e. The van der Waals surface area contributed by atoms with E-state index in [1.54, 1.807) is 34.4 Å². The van der Waals surface area contributed by atoms with Gasteiger partial charge in [-0.25, -0.2) is 4.68 Å². The van der Waals surface area contributed by atoms with Crippen LogP contribution in [0, 0.1) is 0 Å². The Balaban J connectivity index is 1.50. The van der Waals surface area contributed by atoms with Gasteiger partial charge >= 0.3 is 6.18 Å². The molecular formula is C21H19F3N6O2. The zero-order valence-corrected chi connectivity index (χ0v) is 16.8. The second-order valence-corrected chi connectivity index (χ2v) is 7.23. The smallest absolute Gasteiger partial charge is 0.369 e. The Kier molecular flexibility index (Phi) is 5.99. The lowest BCUT2D eigenvalue weighted by Crippen LogP contribution is -2.28. The zero-order chi connectivity index (χ0) is 22.7. The maximum Gasteiger partial charge on any atom is 0.416 e. The van der Waals surface area contributed by atoms with Gasteiger partial charge in [-0.3, -0.25) is 14.8 Å². The lowest BCUT2D eigenvalue weighted by molar-refractivity contribution is -0.137. The summed E-state index contributed by atoms with van der Waals surface area (Å²) in [5, 5.41) is 8.30. The van der Waals surface area contributed by atoms with Gasteiger partial charge in [0.05, 0.1) is 36.7 Å². The number of aromatic nitrogens is 5. The van der Waals surface area contributed by atoms with E-state index >= 15 is 0 Å². The molecule has 8 nitrogen and oxygen atoms in total. The fraction of sp³-hybridized carbons (Fsp3) is 0.286. The standard InChI is InChI=1S/C21H19F3N6O2/c1-2-20(31)29-11-18(30-10-17(27-28-30)16-9-25-7-8-26-16)19(12-29)32-13-14-3-5-15(6-4-14)21(22,23)24/h2-10,18-19H,1,11-13H2/t18-,19-/m1/s1. The van der Waals surface area contributed by atoms with Gasteiger partial charge in [-0.1, -0.05) is 23.9 Å². The number of hydrogen-bond donors (Lipinski definition) is 0. The number of alkyl halides is 3. The minimum absolute atomic E-state index is 0.0845. The highest BCUT2D eigenvalue weighted by molar-refractivity contribution is 5.87. The molecular weight excluding hydrogens is 425 g/mol. The summed E-state index contributed by atoms with van der Waals surface area (Å²) < 4.78 is 45.9. The van der Waals surface area contributed by atoms with E-state index in [2.05, 4.69) is 26.9 Å². The third-order valence-corrected chi connectivity index (χ3v) is 5.14. The van der Waals surface area contributed by atoms with Crippen LogP contribution in [0.2, 0.25) is 0 Å². The first-order chi connectivity index (χ1) is 15.3. The zero-order valence-electron chi connectivity index (χ0n) is 16.8. The number of amides is 1. The average molecular weight is 444 g/mol. The molecule has 166 valence electrons. The number of rotatable bonds is 6. The van der Waals surface area contributed by atoms with Crippen LogP contribution in [0.5, 0.6) is 0 Å². The third kappa shape index (κ3) is 4.67. The summed E-state index contributed by atoms with van der Waals surface area (Å²) in [6, 6.07) is 4.44. The molecule has 2 atom stereocenters. The van der Waals surface area contributed by atoms with Crippen molar-refractivity contribution >= 4 is 5.91 Å². The van der Waals surface area contributed by atoms with Gasteiger partial charge in [0.2, 0.25) is 5.91 Å². The van der Waals surface area contributed by atoms with Crippen molar-refractivity contribution in [3.05, 3.63) is 72.8 Å². The van der Waals surface area contributed by atoms with Crippen LogP contribution < -0.4 is 0 Å². The van der Waals surface area contributed by atoms with Crippen molar-refractivity contribution in [3.8, 4) is 11.4 Å². The predicted octanol–water partition coefficient (Wildman–Crippen LogP) is 2.91. The van der Waals surface area contributed by atoms with Gasteiger partial charge in [0.15, 0.2) is 0 Å². The molecule has 1 aliphatic heterocycles. The normalized spacial score (nSPS) is 18.7. The van der Waals surface area contributed by atoms with E-state index in [4.69, 9.17) is 4.74 Å². The third-order valence-electron chi connectivity index (χ3n) is 5.14. The molecule has 1 aromatic carbocycles. The molecule has 1 saturated heterocycles. The molecule has 2 aromatic heterocycles. The fourth-order valence-electron chi connectivity index (χ4n) is 3.46. The van der Waals surface area contributed by atoms with Gasteiger partial charge < -0.3 is 9.64 Å². The molecule has 3 heterocycles. The number of carbonyl (C=O) groups excluding carboxylic acids is 1. The Morgan fingerprint density at radius 3 is 2.62 bits per heavy atom. The molecule has 4 rings (SSSR count). The molecule has 32 heavy (non-hydrogen) atoms. The highest BCUT2D eigenvalue weighted by atomic mass is 19.4. The van der Waals surface area contributed by atoms with Crippen molar-refractivity contribution < 1.29 is 22.7 Å². The Morgan fingerprint density at radius 1 is 1.19 bits per heavy atom. The van der Waals surface area contributed by atoms with Gasteiger partial charge in [0, 0.05) is 25.5 Å². The molecule has 0 aliphatic carbocycles. The van der Waals surface area contributed by atoms with E-state index in [0.29, 0.717) is 23.5 Å². The number of ether oxygens (including phenoxy) is 1. The molecule has 3 aromatic rings. The number of halogens is 3. The Labute approximate surface area is 181 Å². The summed E-state index contributed by atoms with van der Waals surface area (Å²) in [7, 11) is 0. The topological polar surface area (TPSA) is 86.0 Å². The second kappa shape index (κ2) is 8.87. The van der Waals surface area contributed by atoms with Gasteiger partial charge in [0.1, 0.15) is 11.4 Å². The van der Waals surface area contributed by atoms with Gasteiger partial charge in [-0.2, -0.15) is 13.2 Å². The molecule has 1 aliphatic rings. The maximum atomic E-state index is 12.8. The van der Waals surface area contributed by atoms with Gasteiger partial charge in [-0.05, 0) is 23.8 Å². The van der Waals surface area contributed by atoms with E-state index in [1.165, 1.54) is 18.2 Å². The monoisotopic (exact) mass is 444 g/mol. The molecule has 0 bridgehead atoms. The molecule has 0 radical (unpaired) electrons. The van der Waals surface area contributed by atoms with Crippen LogP contribution in [0.1, 0.15) is 17.2 Å². The van der Waals surface area contributed by atoms with Crippen LogP contribution in [0.15, 0.2) is 61.7 Å². The summed E-state index contributed by atoms with van der Waals surface area (Å²) in [6.45, 7) is 4.22. The van der Waals surface area contributed by atoms with Gasteiger partial charge in [-0.15, -0.1) is 5.10 Å². The summed E-state index contributed by atoms with van der Waals surface area (Å²) >= 11 is 0. The van der Waals surface area contributed by atoms with Crippen LogP contribution >= 0.6 is 0 Å². The predicted molar refractivity (Wildman–Crippen MR) is 107 cm³/mol. The first-order valence-corrected chi connectivity index (χ1v) is 9.72. The average Bonchev–Trinajstić information content (AvgIpc) is 3.45. The van der Waals surface area contributed by atoms with Gasteiger partial charge in [0.25, 0.3) is 0 Å². The number of carbonyl (C=O) groups is 1. The number of benzene rings is 1. The van der Waals surface area contributed by atoms with Crippen LogP contribution in [0.4, 0.5) is 13.2 Å². The summed E-state index contributed by atoms with van der Waals surface area (Å²) in [5.74, 6) is -0.245. The number of likely N-dealkylation sites (tertiary alicyclic amines) is 1.